The van der Waals surface area contributed by atoms with Crippen molar-refractivity contribution < 1.29 is 9.59 Å². The van der Waals surface area contributed by atoms with Crippen molar-refractivity contribution in [2.45, 2.75) is 26.7 Å². The molecule has 4 nitrogen and oxygen atoms in total. The van der Waals surface area contributed by atoms with Crippen molar-refractivity contribution in [3.05, 3.63) is 57.6 Å². The van der Waals surface area contributed by atoms with Gasteiger partial charge in [-0.2, -0.15) is 0 Å². The molecule has 0 bridgehead atoms. The lowest BCUT2D eigenvalue weighted by molar-refractivity contribution is -0.131. The van der Waals surface area contributed by atoms with E-state index in [1.165, 1.54) is 0 Å². The van der Waals surface area contributed by atoms with Gasteiger partial charge in [0.15, 0.2) is 0 Å². The van der Waals surface area contributed by atoms with Crippen LogP contribution < -0.4 is 10.6 Å². The van der Waals surface area contributed by atoms with E-state index in [4.69, 9.17) is 23.2 Å². The zero-order valence-electron chi connectivity index (χ0n) is 14.0. The Hall–Kier alpha value is -2.04. The Kier molecular flexibility index (Phi) is 4.76. The number of benzene rings is 2. The molecule has 0 atom stereocenters. The van der Waals surface area contributed by atoms with Gasteiger partial charge in [-0.1, -0.05) is 47.5 Å². The molecule has 130 valence electrons. The van der Waals surface area contributed by atoms with Gasteiger partial charge in [0.1, 0.15) is 5.41 Å². The van der Waals surface area contributed by atoms with Crippen LogP contribution in [-0.2, 0) is 9.59 Å². The standard InChI is InChI=1S/C19H18Cl2N2O2/c1-11-5-3-6-12(2)15(11)22-17(24)19(9-10-19)18(25)23-16-13(20)7-4-8-14(16)21/h3-8H,9-10H2,1-2H3,(H,22,24)(H,23,25). The summed E-state index contributed by atoms with van der Waals surface area (Å²) in [4.78, 5) is 25.5. The fourth-order valence-corrected chi connectivity index (χ4v) is 3.27. The maximum atomic E-state index is 12.8. The summed E-state index contributed by atoms with van der Waals surface area (Å²) in [5, 5.41) is 6.30. The normalized spacial score (nSPS) is 14.7. The Morgan fingerprint density at radius 3 is 1.76 bits per heavy atom. The molecule has 1 aliphatic carbocycles. The molecule has 1 aliphatic rings. The van der Waals surface area contributed by atoms with Gasteiger partial charge in [0.05, 0.1) is 15.7 Å². The molecule has 2 amide bonds. The maximum absolute atomic E-state index is 12.8. The molecule has 0 aliphatic heterocycles. The summed E-state index contributed by atoms with van der Waals surface area (Å²) in [6.45, 7) is 3.84. The topological polar surface area (TPSA) is 58.2 Å². The van der Waals surface area contributed by atoms with Crippen LogP contribution in [0.3, 0.4) is 0 Å². The predicted molar refractivity (Wildman–Crippen MR) is 101 cm³/mol. The highest BCUT2D eigenvalue weighted by Gasteiger charge is 2.56. The first-order chi connectivity index (χ1) is 11.8. The molecule has 0 spiro atoms. The fraction of sp³-hybridized carbons (Fsp3) is 0.263. The van der Waals surface area contributed by atoms with E-state index >= 15 is 0 Å². The van der Waals surface area contributed by atoms with Crippen LogP contribution in [-0.4, -0.2) is 11.8 Å². The number of aryl methyl sites for hydroxylation is 2. The summed E-state index contributed by atoms with van der Waals surface area (Å²) < 4.78 is 0. The van der Waals surface area contributed by atoms with Crippen molar-refractivity contribution in [1.82, 2.24) is 0 Å². The van der Waals surface area contributed by atoms with E-state index in [1.54, 1.807) is 18.2 Å². The van der Waals surface area contributed by atoms with Gasteiger partial charge in [0.2, 0.25) is 11.8 Å². The Morgan fingerprint density at radius 2 is 1.28 bits per heavy atom. The number of carbonyl (C=O) groups is 2. The predicted octanol–water partition coefficient (Wildman–Crippen LogP) is 4.97. The maximum Gasteiger partial charge on any atom is 0.240 e. The minimum atomic E-state index is -1.07. The first kappa shape index (κ1) is 17.8. The summed E-state index contributed by atoms with van der Waals surface area (Å²) in [6.07, 6.45) is 0.995. The number of amides is 2. The highest BCUT2D eigenvalue weighted by Crippen LogP contribution is 2.48. The molecule has 0 saturated heterocycles. The molecule has 3 rings (SSSR count). The molecule has 6 heteroatoms. The molecule has 0 aromatic heterocycles. The largest absolute Gasteiger partial charge is 0.325 e. The van der Waals surface area contributed by atoms with E-state index < -0.39 is 5.41 Å². The Morgan fingerprint density at radius 1 is 0.840 bits per heavy atom. The smallest absolute Gasteiger partial charge is 0.240 e. The van der Waals surface area contributed by atoms with Crippen molar-refractivity contribution in [1.29, 1.82) is 0 Å². The number of nitrogens with one attached hydrogen (secondary N) is 2. The van der Waals surface area contributed by atoms with Gasteiger partial charge in [-0.05, 0) is 49.9 Å². The van der Waals surface area contributed by atoms with E-state index in [1.807, 2.05) is 32.0 Å². The third-order valence-electron chi connectivity index (χ3n) is 4.54. The zero-order valence-corrected chi connectivity index (χ0v) is 15.5. The van der Waals surface area contributed by atoms with E-state index in [2.05, 4.69) is 10.6 Å². The minimum Gasteiger partial charge on any atom is -0.325 e. The molecule has 25 heavy (non-hydrogen) atoms. The van der Waals surface area contributed by atoms with Crippen molar-refractivity contribution in [3.8, 4) is 0 Å². The van der Waals surface area contributed by atoms with Gasteiger partial charge < -0.3 is 10.6 Å². The van der Waals surface area contributed by atoms with Crippen LogP contribution in [0.5, 0.6) is 0 Å². The first-order valence-electron chi connectivity index (χ1n) is 7.98. The van der Waals surface area contributed by atoms with Gasteiger partial charge in [-0.25, -0.2) is 0 Å². The van der Waals surface area contributed by atoms with Gasteiger partial charge in [0, 0.05) is 5.69 Å². The number of rotatable bonds is 4. The molecule has 2 aromatic carbocycles. The van der Waals surface area contributed by atoms with E-state index in [0.29, 0.717) is 28.6 Å². The van der Waals surface area contributed by atoms with E-state index in [9.17, 15) is 9.59 Å². The van der Waals surface area contributed by atoms with Crippen LogP contribution in [0.25, 0.3) is 0 Å². The van der Waals surface area contributed by atoms with Crippen LogP contribution in [0.1, 0.15) is 24.0 Å². The quantitative estimate of drug-likeness (QED) is 0.740. The second-order valence-corrected chi connectivity index (χ2v) is 7.17. The zero-order chi connectivity index (χ0) is 18.2. The molecular weight excluding hydrogens is 359 g/mol. The van der Waals surface area contributed by atoms with Crippen molar-refractivity contribution >= 4 is 46.4 Å². The van der Waals surface area contributed by atoms with Gasteiger partial charge in [-0.3, -0.25) is 9.59 Å². The molecule has 0 heterocycles. The lowest BCUT2D eigenvalue weighted by Crippen LogP contribution is -2.36. The molecule has 0 radical (unpaired) electrons. The Bertz CT molecular complexity index is 752. The number of carbonyl (C=O) groups excluding carboxylic acids is 2. The number of hydrogen-bond acceptors (Lipinski definition) is 2. The summed E-state index contributed by atoms with van der Waals surface area (Å²) in [5.41, 5.74) is 1.93. The van der Waals surface area contributed by atoms with E-state index in [0.717, 1.165) is 16.8 Å². The second-order valence-electron chi connectivity index (χ2n) is 6.35. The Labute approximate surface area is 156 Å². The highest BCUT2D eigenvalue weighted by atomic mass is 35.5. The number of para-hydroxylation sites is 2. The molecule has 2 N–H and O–H groups in total. The molecule has 1 fully saturated rings. The first-order valence-corrected chi connectivity index (χ1v) is 8.74. The van der Waals surface area contributed by atoms with Crippen molar-refractivity contribution in [2.24, 2.45) is 5.41 Å². The van der Waals surface area contributed by atoms with E-state index in [-0.39, 0.29) is 11.8 Å². The summed E-state index contributed by atoms with van der Waals surface area (Å²) in [7, 11) is 0. The molecule has 0 unspecified atom stereocenters. The third-order valence-corrected chi connectivity index (χ3v) is 5.17. The van der Waals surface area contributed by atoms with Crippen molar-refractivity contribution in [3.63, 3.8) is 0 Å². The number of halogens is 2. The summed E-state index contributed by atoms with van der Waals surface area (Å²) in [6, 6.07) is 10.7. The number of hydrogen-bond donors (Lipinski definition) is 2. The van der Waals surface area contributed by atoms with Gasteiger partial charge in [0.25, 0.3) is 0 Å². The molecule has 2 aromatic rings. The van der Waals surface area contributed by atoms with Crippen LogP contribution in [0.2, 0.25) is 10.0 Å². The molecular formula is C19H18Cl2N2O2. The fourth-order valence-electron chi connectivity index (χ4n) is 2.78. The summed E-state index contributed by atoms with van der Waals surface area (Å²) >= 11 is 12.2. The number of anilines is 2. The highest BCUT2D eigenvalue weighted by molar-refractivity contribution is 6.40. The van der Waals surface area contributed by atoms with Gasteiger partial charge >= 0.3 is 0 Å². The lowest BCUT2D eigenvalue weighted by Gasteiger charge is -2.18. The van der Waals surface area contributed by atoms with Crippen molar-refractivity contribution in [2.75, 3.05) is 10.6 Å². The SMILES string of the molecule is Cc1cccc(C)c1NC(=O)C1(C(=O)Nc2c(Cl)cccc2Cl)CC1. The van der Waals surface area contributed by atoms with Crippen LogP contribution in [0.15, 0.2) is 36.4 Å². The van der Waals surface area contributed by atoms with Crippen LogP contribution >= 0.6 is 23.2 Å². The summed E-state index contributed by atoms with van der Waals surface area (Å²) in [5.74, 6) is -0.684. The average molecular weight is 377 g/mol. The van der Waals surface area contributed by atoms with Gasteiger partial charge in [-0.15, -0.1) is 0 Å². The molecule has 1 saturated carbocycles. The monoisotopic (exact) mass is 376 g/mol. The average Bonchev–Trinajstić information content (AvgIpc) is 3.36. The van der Waals surface area contributed by atoms with Crippen LogP contribution in [0, 0.1) is 19.3 Å². The Balaban J connectivity index is 1.80. The van der Waals surface area contributed by atoms with Crippen LogP contribution in [0.4, 0.5) is 11.4 Å². The third kappa shape index (κ3) is 3.37. The second kappa shape index (κ2) is 6.70. The lowest BCUT2D eigenvalue weighted by atomic mass is 10.0. The minimum absolute atomic E-state index is 0.300.